The quantitative estimate of drug-likeness (QED) is 0.244. The lowest BCUT2D eigenvalue weighted by Crippen LogP contribution is -2.17. The maximum Gasteiger partial charge on any atom is 0.271 e. The summed E-state index contributed by atoms with van der Waals surface area (Å²) in [7, 11) is 0. The van der Waals surface area contributed by atoms with Gasteiger partial charge in [-0.3, -0.25) is 19.9 Å². The van der Waals surface area contributed by atoms with Crippen molar-refractivity contribution in [3.05, 3.63) is 105 Å². The van der Waals surface area contributed by atoms with Gasteiger partial charge in [-0.25, -0.2) is 10.1 Å². The number of carbonyl (C=O) groups is 1. The van der Waals surface area contributed by atoms with Crippen LogP contribution < -0.4 is 5.43 Å². The van der Waals surface area contributed by atoms with Crippen LogP contribution in [0.25, 0.3) is 16.9 Å². The van der Waals surface area contributed by atoms with Gasteiger partial charge in [0.25, 0.3) is 11.6 Å². The van der Waals surface area contributed by atoms with E-state index in [1.54, 1.807) is 35.1 Å². The normalized spacial score (nSPS) is 10.9. The van der Waals surface area contributed by atoms with E-state index in [-0.39, 0.29) is 11.6 Å². The van der Waals surface area contributed by atoms with Crippen LogP contribution in [0.3, 0.4) is 0 Å². The number of non-ortho nitro benzene ring substituents is 1. The Morgan fingerprint density at radius 1 is 1.06 bits per heavy atom. The number of hydrogen-bond acceptors (Lipinski definition) is 6. The maximum atomic E-state index is 12.2. The Balaban J connectivity index is 1.65. The highest BCUT2D eigenvalue weighted by Crippen LogP contribution is 2.25. The third kappa shape index (κ3) is 4.76. The first kappa shape index (κ1) is 21.1. The third-order valence-corrected chi connectivity index (χ3v) is 5.03. The molecule has 4 aromatic rings. The molecule has 0 saturated heterocycles. The molecule has 1 N–H and O–H groups in total. The molecule has 0 bridgehead atoms. The predicted molar refractivity (Wildman–Crippen MR) is 123 cm³/mol. The van der Waals surface area contributed by atoms with E-state index in [0.717, 1.165) is 10.0 Å². The second kappa shape index (κ2) is 9.31. The zero-order valence-electron chi connectivity index (χ0n) is 16.4. The molecule has 0 saturated carbocycles. The van der Waals surface area contributed by atoms with E-state index in [9.17, 15) is 14.9 Å². The Labute approximate surface area is 190 Å². The maximum absolute atomic E-state index is 12.2. The second-order valence-corrected chi connectivity index (χ2v) is 7.51. The lowest BCUT2D eigenvalue weighted by molar-refractivity contribution is -0.384. The van der Waals surface area contributed by atoms with E-state index in [4.69, 9.17) is 0 Å². The number of nitro benzene ring substituents is 1. The van der Waals surface area contributed by atoms with Crippen LogP contribution >= 0.6 is 15.9 Å². The van der Waals surface area contributed by atoms with Gasteiger partial charge in [-0.2, -0.15) is 10.2 Å². The minimum absolute atomic E-state index is 0.00495. The minimum atomic E-state index is -0.455. The number of rotatable bonds is 6. The first-order valence-electron chi connectivity index (χ1n) is 9.35. The molecule has 0 atom stereocenters. The molecule has 0 unspecified atom stereocenters. The largest absolute Gasteiger partial charge is 0.271 e. The predicted octanol–water partition coefficient (Wildman–Crippen LogP) is 4.37. The summed E-state index contributed by atoms with van der Waals surface area (Å²) in [5.74, 6) is -0.364. The Bertz CT molecular complexity index is 1290. The zero-order chi connectivity index (χ0) is 22.5. The molecule has 9 nitrogen and oxygen atoms in total. The number of aromatic nitrogens is 3. The number of hydrazone groups is 1. The van der Waals surface area contributed by atoms with Crippen LogP contribution in [0.1, 0.15) is 15.9 Å². The Hall–Kier alpha value is -4.18. The lowest BCUT2D eigenvalue weighted by atomic mass is 10.1. The molecule has 1 amide bonds. The van der Waals surface area contributed by atoms with Crippen LogP contribution in [0, 0.1) is 10.1 Å². The molecule has 0 spiro atoms. The van der Waals surface area contributed by atoms with Crippen LogP contribution in [0.4, 0.5) is 5.69 Å². The summed E-state index contributed by atoms with van der Waals surface area (Å²) in [6.45, 7) is 0. The van der Waals surface area contributed by atoms with Crippen molar-refractivity contribution in [2.24, 2.45) is 5.10 Å². The molecule has 2 aromatic heterocycles. The lowest BCUT2D eigenvalue weighted by Gasteiger charge is -2.01. The van der Waals surface area contributed by atoms with Crippen molar-refractivity contribution in [2.75, 3.05) is 0 Å². The highest BCUT2D eigenvalue weighted by Gasteiger charge is 2.13. The van der Waals surface area contributed by atoms with Gasteiger partial charge < -0.3 is 0 Å². The topological polar surface area (TPSA) is 115 Å². The zero-order valence-corrected chi connectivity index (χ0v) is 18.0. The Kier molecular flexibility index (Phi) is 6.13. The summed E-state index contributed by atoms with van der Waals surface area (Å²) in [4.78, 5) is 26.6. The average Bonchev–Trinajstić information content (AvgIpc) is 3.24. The molecule has 2 aromatic carbocycles. The molecule has 0 aliphatic rings. The number of benzene rings is 2. The number of nitrogens with zero attached hydrogens (tertiary/aromatic N) is 5. The number of amides is 1. The fraction of sp³-hybridized carbons (Fsp3) is 0. The van der Waals surface area contributed by atoms with Crippen molar-refractivity contribution in [1.82, 2.24) is 20.2 Å². The third-order valence-electron chi connectivity index (χ3n) is 4.50. The minimum Gasteiger partial charge on any atom is -0.267 e. The number of nitro groups is 1. The van der Waals surface area contributed by atoms with Crippen molar-refractivity contribution in [3.8, 4) is 16.9 Å². The number of nitrogens with one attached hydrogen (secondary N) is 1. The summed E-state index contributed by atoms with van der Waals surface area (Å²) < 4.78 is 2.53. The van der Waals surface area contributed by atoms with Crippen LogP contribution in [0.5, 0.6) is 0 Å². The Morgan fingerprint density at radius 2 is 1.75 bits per heavy atom. The van der Waals surface area contributed by atoms with Crippen molar-refractivity contribution >= 4 is 33.7 Å². The summed E-state index contributed by atoms with van der Waals surface area (Å²) >= 11 is 3.42. The van der Waals surface area contributed by atoms with E-state index in [0.29, 0.717) is 22.5 Å². The van der Waals surface area contributed by atoms with Crippen LogP contribution in [-0.4, -0.2) is 31.8 Å². The van der Waals surface area contributed by atoms with E-state index in [1.165, 1.54) is 30.7 Å². The summed E-state index contributed by atoms with van der Waals surface area (Å²) in [6.07, 6.45) is 6.29. The number of pyridine rings is 1. The number of halogens is 1. The van der Waals surface area contributed by atoms with Crippen LogP contribution in [-0.2, 0) is 0 Å². The molecule has 0 radical (unpaired) electrons. The average molecular weight is 491 g/mol. The van der Waals surface area contributed by atoms with Crippen LogP contribution in [0.15, 0.2) is 88.8 Å². The molecule has 0 aliphatic heterocycles. The highest BCUT2D eigenvalue weighted by molar-refractivity contribution is 9.10. The molecule has 10 heteroatoms. The second-order valence-electron chi connectivity index (χ2n) is 6.59. The van der Waals surface area contributed by atoms with E-state index in [2.05, 4.69) is 36.5 Å². The van der Waals surface area contributed by atoms with Crippen molar-refractivity contribution in [3.63, 3.8) is 0 Å². The first-order valence-corrected chi connectivity index (χ1v) is 10.1. The van der Waals surface area contributed by atoms with E-state index >= 15 is 0 Å². The van der Waals surface area contributed by atoms with Gasteiger partial charge in [-0.15, -0.1) is 0 Å². The van der Waals surface area contributed by atoms with Gasteiger partial charge in [0.15, 0.2) is 0 Å². The van der Waals surface area contributed by atoms with Crippen molar-refractivity contribution in [2.45, 2.75) is 0 Å². The monoisotopic (exact) mass is 490 g/mol. The molecule has 2 heterocycles. The molecule has 4 rings (SSSR count). The van der Waals surface area contributed by atoms with Gasteiger partial charge in [0.05, 0.1) is 16.8 Å². The van der Waals surface area contributed by atoms with Crippen LogP contribution in [0.2, 0.25) is 0 Å². The van der Waals surface area contributed by atoms with Gasteiger partial charge in [0.2, 0.25) is 0 Å². The van der Waals surface area contributed by atoms with Crippen molar-refractivity contribution in [1.29, 1.82) is 0 Å². The van der Waals surface area contributed by atoms with E-state index in [1.807, 2.05) is 24.3 Å². The summed E-state index contributed by atoms with van der Waals surface area (Å²) in [5.41, 5.74) is 5.70. The molecule has 32 heavy (non-hydrogen) atoms. The van der Waals surface area contributed by atoms with Gasteiger partial charge in [-0.05, 0) is 36.4 Å². The molecular weight excluding hydrogens is 476 g/mol. The fourth-order valence-corrected chi connectivity index (χ4v) is 3.17. The van der Waals surface area contributed by atoms with Gasteiger partial charge in [0.1, 0.15) is 5.69 Å². The highest BCUT2D eigenvalue weighted by atomic mass is 79.9. The number of hydrogen-bond donors (Lipinski definition) is 1. The van der Waals surface area contributed by atoms with Gasteiger partial charge >= 0.3 is 0 Å². The van der Waals surface area contributed by atoms with E-state index < -0.39 is 4.92 Å². The molecule has 0 fully saturated rings. The molecule has 0 aliphatic carbocycles. The molecule has 158 valence electrons. The fourth-order valence-electron chi connectivity index (χ4n) is 2.90. The first-order chi connectivity index (χ1) is 15.5. The molecular formula is C22H15BrN6O3. The summed E-state index contributed by atoms with van der Waals surface area (Å²) in [6, 6.07) is 16.8. The van der Waals surface area contributed by atoms with Gasteiger partial charge in [-0.1, -0.05) is 28.1 Å². The van der Waals surface area contributed by atoms with Gasteiger partial charge in [0, 0.05) is 51.9 Å². The smallest absolute Gasteiger partial charge is 0.267 e. The summed E-state index contributed by atoms with van der Waals surface area (Å²) in [5, 5.41) is 19.6. The number of carbonyl (C=O) groups excluding carboxylic acids is 1. The standard InChI is InChI=1S/C22H15BrN6O3/c23-18-3-1-15(2-4-18)21-17(13-25-26-22(30)16-9-11-24-12-10-16)14-28(27-21)19-5-7-20(8-6-19)29(31)32/h1-14H,(H,26,30)/b25-13-. The Morgan fingerprint density at radius 3 is 2.41 bits per heavy atom. The SMILES string of the molecule is O=C(N/N=C\c1cn(-c2ccc([N+](=O)[O-])cc2)nc1-c1ccc(Br)cc1)c1ccncc1. The van der Waals surface area contributed by atoms with Crippen molar-refractivity contribution < 1.29 is 9.72 Å².